The summed E-state index contributed by atoms with van der Waals surface area (Å²) in [5.74, 6) is -0.0409. The molecular weight excluding hydrogens is 282 g/mol. The Labute approximate surface area is 125 Å². The van der Waals surface area contributed by atoms with Gasteiger partial charge in [-0.2, -0.15) is 0 Å². The number of hydrogen-bond acceptors (Lipinski definition) is 4. The molecule has 1 saturated carbocycles. The van der Waals surface area contributed by atoms with E-state index in [0.717, 1.165) is 25.7 Å². The molecule has 0 aromatic heterocycles. The van der Waals surface area contributed by atoms with E-state index in [9.17, 15) is 9.59 Å². The SMILES string of the molecule is Cl.NC1(C(=O)NCCC(=O)N2CCOCC2)CCCC1. The van der Waals surface area contributed by atoms with E-state index in [2.05, 4.69) is 5.32 Å². The third-order valence-electron chi connectivity index (χ3n) is 3.94. The van der Waals surface area contributed by atoms with Gasteiger partial charge in [-0.05, 0) is 12.8 Å². The predicted molar refractivity (Wildman–Crippen MR) is 77.7 cm³/mol. The maximum atomic E-state index is 11.9. The van der Waals surface area contributed by atoms with E-state index in [1.54, 1.807) is 4.90 Å². The monoisotopic (exact) mass is 305 g/mol. The molecule has 2 aliphatic rings. The molecule has 0 bridgehead atoms. The zero-order valence-electron chi connectivity index (χ0n) is 11.7. The summed E-state index contributed by atoms with van der Waals surface area (Å²) < 4.78 is 5.19. The van der Waals surface area contributed by atoms with Crippen molar-refractivity contribution in [2.24, 2.45) is 5.73 Å². The maximum Gasteiger partial charge on any atom is 0.240 e. The molecule has 2 rings (SSSR count). The van der Waals surface area contributed by atoms with E-state index < -0.39 is 5.54 Å². The van der Waals surface area contributed by atoms with Crippen molar-refractivity contribution < 1.29 is 14.3 Å². The molecular formula is C13H24ClN3O3. The zero-order valence-corrected chi connectivity index (χ0v) is 12.5. The summed E-state index contributed by atoms with van der Waals surface area (Å²) in [4.78, 5) is 25.6. The highest BCUT2D eigenvalue weighted by atomic mass is 35.5. The van der Waals surface area contributed by atoms with E-state index in [4.69, 9.17) is 10.5 Å². The van der Waals surface area contributed by atoms with Crippen LogP contribution in [-0.2, 0) is 14.3 Å². The van der Waals surface area contributed by atoms with Crippen molar-refractivity contribution >= 4 is 24.2 Å². The molecule has 20 heavy (non-hydrogen) atoms. The van der Waals surface area contributed by atoms with Crippen LogP contribution in [0.2, 0.25) is 0 Å². The lowest BCUT2D eigenvalue weighted by atomic mass is 9.98. The maximum absolute atomic E-state index is 11.9. The molecule has 0 unspecified atom stereocenters. The van der Waals surface area contributed by atoms with Gasteiger partial charge in [0.15, 0.2) is 0 Å². The third kappa shape index (κ3) is 4.33. The average molecular weight is 306 g/mol. The highest BCUT2D eigenvalue weighted by Gasteiger charge is 2.36. The molecule has 0 aromatic rings. The highest BCUT2D eigenvalue weighted by Crippen LogP contribution is 2.27. The fourth-order valence-electron chi connectivity index (χ4n) is 2.66. The van der Waals surface area contributed by atoms with Crippen LogP contribution in [0.15, 0.2) is 0 Å². The number of ether oxygens (including phenoxy) is 1. The minimum Gasteiger partial charge on any atom is -0.378 e. The van der Waals surface area contributed by atoms with Crippen LogP contribution in [0.4, 0.5) is 0 Å². The number of nitrogens with two attached hydrogens (primary N) is 1. The number of nitrogens with zero attached hydrogens (tertiary/aromatic N) is 1. The van der Waals surface area contributed by atoms with Crippen LogP contribution in [0.3, 0.4) is 0 Å². The number of rotatable bonds is 4. The summed E-state index contributed by atoms with van der Waals surface area (Å²) >= 11 is 0. The number of hydrogen-bond donors (Lipinski definition) is 2. The Morgan fingerprint density at radius 1 is 1.20 bits per heavy atom. The smallest absolute Gasteiger partial charge is 0.240 e. The second-order valence-electron chi connectivity index (χ2n) is 5.36. The quantitative estimate of drug-likeness (QED) is 0.768. The second-order valence-corrected chi connectivity index (χ2v) is 5.36. The summed E-state index contributed by atoms with van der Waals surface area (Å²) in [6.07, 6.45) is 3.85. The van der Waals surface area contributed by atoms with Gasteiger partial charge in [0.1, 0.15) is 0 Å². The highest BCUT2D eigenvalue weighted by molar-refractivity contribution is 5.87. The molecule has 2 fully saturated rings. The number of carbonyl (C=O) groups is 2. The molecule has 0 atom stereocenters. The first-order valence-electron chi connectivity index (χ1n) is 7.04. The zero-order chi connectivity index (χ0) is 13.7. The standard InChI is InChI=1S/C13H23N3O3.ClH/c14-13(4-1-2-5-13)12(18)15-6-3-11(17)16-7-9-19-10-8-16;/h1-10,14H2,(H,15,18);1H. The van der Waals surface area contributed by atoms with Crippen molar-refractivity contribution in [2.75, 3.05) is 32.8 Å². The molecule has 1 saturated heterocycles. The lowest BCUT2D eigenvalue weighted by Gasteiger charge is -2.27. The first kappa shape index (κ1) is 17.2. The fraction of sp³-hybridized carbons (Fsp3) is 0.846. The number of nitrogens with one attached hydrogen (secondary N) is 1. The molecule has 1 aliphatic carbocycles. The second kappa shape index (κ2) is 7.81. The minimum atomic E-state index is -0.706. The Morgan fingerprint density at radius 2 is 1.80 bits per heavy atom. The van der Waals surface area contributed by atoms with Gasteiger partial charge in [-0.25, -0.2) is 0 Å². The van der Waals surface area contributed by atoms with Gasteiger partial charge in [0.2, 0.25) is 11.8 Å². The van der Waals surface area contributed by atoms with Gasteiger partial charge < -0.3 is 20.7 Å². The van der Waals surface area contributed by atoms with Crippen LogP contribution >= 0.6 is 12.4 Å². The van der Waals surface area contributed by atoms with Gasteiger partial charge in [-0.3, -0.25) is 9.59 Å². The number of amides is 2. The van der Waals surface area contributed by atoms with Crippen molar-refractivity contribution in [3.05, 3.63) is 0 Å². The minimum absolute atomic E-state index is 0. The third-order valence-corrected chi connectivity index (χ3v) is 3.94. The van der Waals surface area contributed by atoms with E-state index in [-0.39, 0.29) is 24.2 Å². The Kier molecular flexibility index (Phi) is 6.71. The Balaban J connectivity index is 0.00000200. The van der Waals surface area contributed by atoms with Gasteiger partial charge in [-0.15, -0.1) is 12.4 Å². The van der Waals surface area contributed by atoms with Crippen molar-refractivity contribution in [3.8, 4) is 0 Å². The van der Waals surface area contributed by atoms with Crippen LogP contribution in [0.25, 0.3) is 0 Å². The van der Waals surface area contributed by atoms with Crippen LogP contribution in [0.5, 0.6) is 0 Å². The van der Waals surface area contributed by atoms with Crippen molar-refractivity contribution in [1.29, 1.82) is 0 Å². The summed E-state index contributed by atoms with van der Waals surface area (Å²) in [5, 5.41) is 2.79. The molecule has 1 aliphatic heterocycles. The molecule has 2 amide bonds. The Morgan fingerprint density at radius 3 is 2.40 bits per heavy atom. The largest absolute Gasteiger partial charge is 0.378 e. The molecule has 0 spiro atoms. The van der Waals surface area contributed by atoms with Gasteiger partial charge in [-0.1, -0.05) is 12.8 Å². The van der Waals surface area contributed by atoms with Crippen molar-refractivity contribution in [3.63, 3.8) is 0 Å². The van der Waals surface area contributed by atoms with Gasteiger partial charge in [0, 0.05) is 26.1 Å². The molecule has 7 heteroatoms. The predicted octanol–water partition coefficient (Wildman–Crippen LogP) is 0.0448. The lowest BCUT2D eigenvalue weighted by molar-refractivity contribution is -0.135. The molecule has 116 valence electrons. The van der Waals surface area contributed by atoms with Crippen molar-refractivity contribution in [2.45, 2.75) is 37.6 Å². The normalized spacial score (nSPS) is 21.1. The van der Waals surface area contributed by atoms with E-state index in [1.165, 1.54) is 0 Å². The number of carbonyl (C=O) groups excluding carboxylic acids is 2. The number of morpholine rings is 1. The van der Waals surface area contributed by atoms with Crippen LogP contribution < -0.4 is 11.1 Å². The molecule has 3 N–H and O–H groups in total. The Bertz CT molecular complexity index is 340. The molecule has 6 nitrogen and oxygen atoms in total. The summed E-state index contributed by atoms with van der Waals surface area (Å²) in [6.45, 7) is 2.86. The summed E-state index contributed by atoms with van der Waals surface area (Å²) in [7, 11) is 0. The lowest BCUT2D eigenvalue weighted by Crippen LogP contribution is -2.52. The molecule has 0 aromatic carbocycles. The first-order chi connectivity index (χ1) is 9.12. The summed E-state index contributed by atoms with van der Waals surface area (Å²) in [5.41, 5.74) is 5.33. The average Bonchev–Trinajstić information content (AvgIpc) is 2.88. The van der Waals surface area contributed by atoms with Crippen LogP contribution in [0.1, 0.15) is 32.1 Å². The number of halogens is 1. The van der Waals surface area contributed by atoms with Gasteiger partial charge in [0.25, 0.3) is 0 Å². The van der Waals surface area contributed by atoms with Crippen molar-refractivity contribution in [1.82, 2.24) is 10.2 Å². The van der Waals surface area contributed by atoms with E-state index >= 15 is 0 Å². The van der Waals surface area contributed by atoms with Gasteiger partial charge >= 0.3 is 0 Å². The van der Waals surface area contributed by atoms with Crippen LogP contribution in [-0.4, -0.2) is 55.1 Å². The molecule has 0 radical (unpaired) electrons. The topological polar surface area (TPSA) is 84.7 Å². The molecule has 1 heterocycles. The van der Waals surface area contributed by atoms with Gasteiger partial charge in [0.05, 0.1) is 18.8 Å². The Hall–Kier alpha value is -0.850. The van der Waals surface area contributed by atoms with Crippen LogP contribution in [0, 0.1) is 0 Å². The first-order valence-corrected chi connectivity index (χ1v) is 7.04. The van der Waals surface area contributed by atoms with E-state index in [0.29, 0.717) is 39.3 Å². The fourth-order valence-corrected chi connectivity index (χ4v) is 2.66. The van der Waals surface area contributed by atoms with E-state index in [1.807, 2.05) is 0 Å². The summed E-state index contributed by atoms with van der Waals surface area (Å²) in [6, 6.07) is 0.